The van der Waals surface area contributed by atoms with Crippen LogP contribution in [0.2, 0.25) is 0 Å². The third kappa shape index (κ3) is 4.85. The number of amides is 1. The van der Waals surface area contributed by atoms with Gasteiger partial charge in [0.15, 0.2) is 0 Å². The normalized spacial score (nSPS) is 21.5. The number of aryl methyl sites for hydroxylation is 1. The Hall–Kier alpha value is -1.64. The SMILES string of the molecule is COc1ccc(S(=O)(=O)N2CCOCC2)cc1CCC(=O)N1CCC[C@H](C)C1. The fourth-order valence-electron chi connectivity index (χ4n) is 3.86. The highest BCUT2D eigenvalue weighted by Crippen LogP contribution is 2.26. The van der Waals surface area contributed by atoms with Crippen molar-refractivity contribution < 1.29 is 22.7 Å². The van der Waals surface area contributed by atoms with E-state index in [0.717, 1.165) is 25.1 Å². The van der Waals surface area contributed by atoms with Gasteiger partial charge in [-0.25, -0.2) is 8.42 Å². The Morgan fingerprint density at radius 1 is 1.25 bits per heavy atom. The number of ether oxygens (including phenoxy) is 2. The second kappa shape index (κ2) is 9.24. The predicted octanol–water partition coefficient (Wildman–Crippen LogP) is 1.91. The highest BCUT2D eigenvalue weighted by atomic mass is 32.2. The first-order valence-electron chi connectivity index (χ1n) is 9.94. The molecule has 2 fully saturated rings. The number of hydrogen-bond donors (Lipinski definition) is 0. The molecular weight excluding hydrogens is 380 g/mol. The van der Waals surface area contributed by atoms with Crippen molar-refractivity contribution >= 4 is 15.9 Å². The molecule has 0 aromatic heterocycles. The summed E-state index contributed by atoms with van der Waals surface area (Å²) >= 11 is 0. The Labute approximate surface area is 167 Å². The summed E-state index contributed by atoms with van der Waals surface area (Å²) in [6.45, 7) is 5.32. The summed E-state index contributed by atoms with van der Waals surface area (Å²) < 4.78 is 37.9. The highest BCUT2D eigenvalue weighted by molar-refractivity contribution is 7.89. The Bertz CT molecular complexity index is 790. The van der Waals surface area contributed by atoms with Gasteiger partial charge in [-0.1, -0.05) is 6.92 Å². The Morgan fingerprint density at radius 2 is 2.00 bits per heavy atom. The standard InChI is InChI=1S/C20H30N2O5S/c1-16-4-3-9-21(15-16)20(23)8-5-17-14-18(6-7-19(17)26-2)28(24,25)22-10-12-27-13-11-22/h6-7,14,16H,3-5,8-13,15H2,1-2H3/t16-/m0/s1. The minimum absolute atomic E-state index is 0.120. The van der Waals surface area contributed by atoms with Crippen LogP contribution in [0.25, 0.3) is 0 Å². The van der Waals surface area contributed by atoms with Gasteiger partial charge in [0.25, 0.3) is 0 Å². The summed E-state index contributed by atoms with van der Waals surface area (Å²) in [5, 5.41) is 0. The minimum atomic E-state index is -3.57. The molecule has 1 aromatic carbocycles. The third-order valence-corrected chi connectivity index (χ3v) is 7.37. The van der Waals surface area contributed by atoms with Gasteiger partial charge in [0.1, 0.15) is 5.75 Å². The molecular formula is C20H30N2O5S. The van der Waals surface area contributed by atoms with E-state index >= 15 is 0 Å². The van der Waals surface area contributed by atoms with Crippen molar-refractivity contribution in [2.24, 2.45) is 5.92 Å². The van der Waals surface area contributed by atoms with Crippen LogP contribution in [0, 0.1) is 5.92 Å². The Balaban J connectivity index is 1.73. The Morgan fingerprint density at radius 3 is 2.68 bits per heavy atom. The van der Waals surface area contributed by atoms with E-state index in [2.05, 4.69) is 6.92 Å². The molecule has 7 nitrogen and oxygen atoms in total. The summed E-state index contributed by atoms with van der Waals surface area (Å²) in [6.07, 6.45) is 3.02. The van der Waals surface area contributed by atoms with Crippen molar-refractivity contribution in [2.45, 2.75) is 37.5 Å². The lowest BCUT2D eigenvalue weighted by Crippen LogP contribution is -2.40. The van der Waals surface area contributed by atoms with Crippen molar-refractivity contribution in [3.05, 3.63) is 23.8 Å². The van der Waals surface area contributed by atoms with Crippen LogP contribution in [-0.2, 0) is 26.0 Å². The van der Waals surface area contributed by atoms with Crippen LogP contribution < -0.4 is 4.74 Å². The van der Waals surface area contributed by atoms with Gasteiger partial charge in [-0.15, -0.1) is 0 Å². The summed E-state index contributed by atoms with van der Waals surface area (Å²) in [5.41, 5.74) is 0.746. The number of likely N-dealkylation sites (tertiary alicyclic amines) is 1. The summed E-state index contributed by atoms with van der Waals surface area (Å²) in [4.78, 5) is 14.8. The molecule has 8 heteroatoms. The van der Waals surface area contributed by atoms with Crippen molar-refractivity contribution in [1.29, 1.82) is 0 Å². The lowest BCUT2D eigenvalue weighted by atomic mass is 9.99. The van der Waals surface area contributed by atoms with Gasteiger partial charge < -0.3 is 14.4 Å². The summed E-state index contributed by atoms with van der Waals surface area (Å²) in [6, 6.07) is 4.90. The van der Waals surface area contributed by atoms with Crippen molar-refractivity contribution in [3.8, 4) is 5.75 Å². The molecule has 0 radical (unpaired) electrons. The summed E-state index contributed by atoms with van der Waals surface area (Å²) in [5.74, 6) is 1.27. The van der Waals surface area contributed by atoms with Crippen LogP contribution in [-0.4, -0.2) is 70.0 Å². The van der Waals surface area contributed by atoms with Crippen LogP contribution in [0.3, 0.4) is 0 Å². The van der Waals surface area contributed by atoms with E-state index in [1.54, 1.807) is 25.3 Å². The van der Waals surface area contributed by atoms with E-state index < -0.39 is 10.0 Å². The maximum atomic E-state index is 12.9. The van der Waals surface area contributed by atoms with Gasteiger partial charge in [-0.3, -0.25) is 4.79 Å². The molecule has 3 rings (SSSR count). The largest absolute Gasteiger partial charge is 0.496 e. The zero-order chi connectivity index (χ0) is 20.1. The lowest BCUT2D eigenvalue weighted by Gasteiger charge is -2.31. The van der Waals surface area contributed by atoms with Crippen LogP contribution in [0.5, 0.6) is 5.75 Å². The van der Waals surface area contributed by atoms with E-state index in [-0.39, 0.29) is 10.8 Å². The third-order valence-electron chi connectivity index (χ3n) is 5.48. The van der Waals surface area contributed by atoms with Crippen molar-refractivity contribution in [1.82, 2.24) is 9.21 Å². The zero-order valence-corrected chi connectivity index (χ0v) is 17.5. The molecule has 28 heavy (non-hydrogen) atoms. The first-order chi connectivity index (χ1) is 13.4. The number of piperidine rings is 1. The zero-order valence-electron chi connectivity index (χ0n) is 16.7. The van der Waals surface area contributed by atoms with E-state index in [9.17, 15) is 13.2 Å². The number of methoxy groups -OCH3 is 1. The second-order valence-electron chi connectivity index (χ2n) is 7.58. The molecule has 0 unspecified atom stereocenters. The van der Waals surface area contributed by atoms with Crippen LogP contribution >= 0.6 is 0 Å². The molecule has 156 valence electrons. The Kier molecular flexibility index (Phi) is 6.95. The van der Waals surface area contributed by atoms with Crippen LogP contribution in [0.1, 0.15) is 31.7 Å². The monoisotopic (exact) mass is 410 g/mol. The van der Waals surface area contributed by atoms with E-state index in [4.69, 9.17) is 9.47 Å². The number of morpholine rings is 1. The number of benzene rings is 1. The first kappa shape index (κ1) is 21.1. The second-order valence-corrected chi connectivity index (χ2v) is 9.52. The van der Waals surface area contributed by atoms with E-state index in [0.29, 0.717) is 50.8 Å². The average Bonchev–Trinajstić information content (AvgIpc) is 2.72. The predicted molar refractivity (Wildman–Crippen MR) is 106 cm³/mol. The first-order valence-corrected chi connectivity index (χ1v) is 11.4. The molecule has 1 aromatic rings. The van der Waals surface area contributed by atoms with E-state index in [1.807, 2.05) is 4.90 Å². The van der Waals surface area contributed by atoms with Crippen LogP contribution in [0.4, 0.5) is 0 Å². The van der Waals surface area contributed by atoms with Gasteiger partial charge >= 0.3 is 0 Å². The number of sulfonamides is 1. The molecule has 2 aliphatic heterocycles. The fraction of sp³-hybridized carbons (Fsp3) is 0.650. The number of hydrogen-bond acceptors (Lipinski definition) is 5. The molecule has 0 aliphatic carbocycles. The van der Waals surface area contributed by atoms with Gasteiger partial charge in [-0.05, 0) is 48.9 Å². The molecule has 0 bridgehead atoms. The average molecular weight is 411 g/mol. The van der Waals surface area contributed by atoms with Gasteiger partial charge in [0.05, 0.1) is 25.2 Å². The van der Waals surface area contributed by atoms with Crippen LogP contribution in [0.15, 0.2) is 23.1 Å². The van der Waals surface area contributed by atoms with E-state index in [1.165, 1.54) is 10.7 Å². The molecule has 2 saturated heterocycles. The van der Waals surface area contributed by atoms with Gasteiger partial charge in [-0.2, -0.15) is 4.31 Å². The lowest BCUT2D eigenvalue weighted by molar-refractivity contribution is -0.132. The van der Waals surface area contributed by atoms with Gasteiger partial charge in [0, 0.05) is 32.6 Å². The summed E-state index contributed by atoms with van der Waals surface area (Å²) in [7, 11) is -2.01. The molecule has 2 aliphatic rings. The maximum Gasteiger partial charge on any atom is 0.243 e. The maximum absolute atomic E-state index is 12.9. The molecule has 1 atom stereocenters. The molecule has 0 saturated carbocycles. The molecule has 2 heterocycles. The fourth-order valence-corrected chi connectivity index (χ4v) is 5.32. The highest BCUT2D eigenvalue weighted by Gasteiger charge is 2.27. The topological polar surface area (TPSA) is 76.1 Å². The van der Waals surface area contributed by atoms with Crippen molar-refractivity contribution in [2.75, 3.05) is 46.5 Å². The number of rotatable bonds is 6. The number of carbonyl (C=O) groups excluding carboxylic acids is 1. The number of carbonyl (C=O) groups is 1. The smallest absolute Gasteiger partial charge is 0.243 e. The molecule has 1 amide bonds. The van der Waals surface area contributed by atoms with Crippen molar-refractivity contribution in [3.63, 3.8) is 0 Å². The van der Waals surface area contributed by atoms with Gasteiger partial charge in [0.2, 0.25) is 15.9 Å². The number of nitrogens with zero attached hydrogens (tertiary/aromatic N) is 2. The molecule has 0 spiro atoms. The minimum Gasteiger partial charge on any atom is -0.496 e. The quantitative estimate of drug-likeness (QED) is 0.716. The molecule has 0 N–H and O–H groups in total.